The molecular weight excluding hydrogens is 222 g/mol. The van der Waals surface area contributed by atoms with Crippen LogP contribution in [-0.2, 0) is 6.54 Å². The molecule has 0 atom stereocenters. The molecule has 0 saturated heterocycles. The fourth-order valence-corrected chi connectivity index (χ4v) is 1.90. The third-order valence-corrected chi connectivity index (χ3v) is 2.94. The minimum atomic E-state index is 0.554. The van der Waals surface area contributed by atoms with Crippen LogP contribution in [0.5, 0.6) is 0 Å². The summed E-state index contributed by atoms with van der Waals surface area (Å²) in [5.41, 5.74) is 8.67. The van der Waals surface area contributed by atoms with E-state index in [1.165, 1.54) is 0 Å². The van der Waals surface area contributed by atoms with Crippen LogP contribution in [0.25, 0.3) is 22.3 Å². The molecule has 0 bridgehead atoms. The van der Waals surface area contributed by atoms with Crippen molar-refractivity contribution in [2.75, 3.05) is 0 Å². The summed E-state index contributed by atoms with van der Waals surface area (Å²) < 4.78 is 0. The summed E-state index contributed by atoms with van der Waals surface area (Å²) >= 11 is 0. The lowest BCUT2D eigenvalue weighted by Gasteiger charge is -2.03. The summed E-state index contributed by atoms with van der Waals surface area (Å²) in [4.78, 5) is 8.95. The van der Waals surface area contributed by atoms with E-state index in [-0.39, 0.29) is 0 Å². The van der Waals surface area contributed by atoms with Gasteiger partial charge in [0.15, 0.2) is 5.82 Å². The molecule has 88 valence electrons. The average Bonchev–Trinajstić information content (AvgIpc) is 2.47. The van der Waals surface area contributed by atoms with Gasteiger partial charge in [0.05, 0.1) is 5.52 Å². The molecule has 1 aromatic heterocycles. The predicted molar refractivity (Wildman–Crippen MR) is 72.9 cm³/mol. The number of nitrogens with zero attached hydrogens (tertiary/aromatic N) is 2. The fourth-order valence-electron chi connectivity index (χ4n) is 1.90. The van der Waals surface area contributed by atoms with Crippen LogP contribution in [0.3, 0.4) is 0 Å². The minimum Gasteiger partial charge on any atom is -0.326 e. The second-order valence-electron chi connectivity index (χ2n) is 4.15. The van der Waals surface area contributed by atoms with Crippen LogP contribution in [0.1, 0.15) is 5.56 Å². The summed E-state index contributed by atoms with van der Waals surface area (Å²) in [5.74, 6) is 0.747. The second kappa shape index (κ2) is 4.55. The molecule has 3 heteroatoms. The van der Waals surface area contributed by atoms with Crippen molar-refractivity contribution in [1.82, 2.24) is 9.97 Å². The van der Waals surface area contributed by atoms with E-state index in [1.54, 1.807) is 0 Å². The first-order valence-electron chi connectivity index (χ1n) is 5.88. The van der Waals surface area contributed by atoms with Crippen molar-refractivity contribution in [1.29, 1.82) is 0 Å². The molecule has 0 fully saturated rings. The Hall–Kier alpha value is -2.26. The maximum atomic E-state index is 5.58. The van der Waals surface area contributed by atoms with Crippen LogP contribution in [0.15, 0.2) is 54.7 Å². The van der Waals surface area contributed by atoms with E-state index in [2.05, 4.69) is 9.97 Å². The van der Waals surface area contributed by atoms with Crippen molar-refractivity contribution in [3.05, 3.63) is 60.3 Å². The van der Waals surface area contributed by atoms with Crippen LogP contribution >= 0.6 is 0 Å². The standard InChI is InChI=1S/C15H13N3/c16-9-11-5-7-12(8-6-11)15-17-10-13-3-1-2-4-14(13)18-15/h1-8,10H,9,16H2. The van der Waals surface area contributed by atoms with E-state index >= 15 is 0 Å². The van der Waals surface area contributed by atoms with Crippen LogP contribution in [0.4, 0.5) is 0 Å². The zero-order valence-corrected chi connectivity index (χ0v) is 9.88. The first-order chi connectivity index (χ1) is 8.86. The van der Waals surface area contributed by atoms with E-state index in [9.17, 15) is 0 Å². The maximum absolute atomic E-state index is 5.58. The minimum absolute atomic E-state index is 0.554. The van der Waals surface area contributed by atoms with E-state index in [4.69, 9.17) is 5.73 Å². The quantitative estimate of drug-likeness (QED) is 0.743. The van der Waals surface area contributed by atoms with Gasteiger partial charge in [0.25, 0.3) is 0 Å². The van der Waals surface area contributed by atoms with Crippen molar-refractivity contribution in [2.45, 2.75) is 6.54 Å². The molecule has 0 radical (unpaired) electrons. The molecule has 0 unspecified atom stereocenters. The van der Waals surface area contributed by atoms with Gasteiger partial charge in [-0.3, -0.25) is 0 Å². The lowest BCUT2D eigenvalue weighted by molar-refractivity contribution is 1.07. The van der Waals surface area contributed by atoms with E-state index in [1.807, 2.05) is 54.7 Å². The summed E-state index contributed by atoms with van der Waals surface area (Å²) in [5, 5.41) is 1.06. The summed E-state index contributed by atoms with van der Waals surface area (Å²) in [6.45, 7) is 0.554. The Morgan fingerprint density at radius 3 is 2.50 bits per heavy atom. The van der Waals surface area contributed by atoms with Crippen molar-refractivity contribution in [3.8, 4) is 11.4 Å². The van der Waals surface area contributed by atoms with Crippen molar-refractivity contribution in [2.24, 2.45) is 5.73 Å². The molecule has 0 amide bonds. The van der Waals surface area contributed by atoms with Crippen LogP contribution < -0.4 is 5.73 Å². The van der Waals surface area contributed by atoms with Gasteiger partial charge in [0, 0.05) is 23.7 Å². The van der Waals surface area contributed by atoms with Gasteiger partial charge < -0.3 is 5.73 Å². The largest absolute Gasteiger partial charge is 0.326 e. The highest BCUT2D eigenvalue weighted by molar-refractivity contribution is 5.79. The predicted octanol–water partition coefficient (Wildman–Crippen LogP) is 2.76. The number of hydrogen-bond donors (Lipinski definition) is 1. The molecule has 3 nitrogen and oxygen atoms in total. The molecule has 1 heterocycles. The van der Waals surface area contributed by atoms with Gasteiger partial charge in [-0.2, -0.15) is 0 Å². The molecule has 0 aliphatic heterocycles. The average molecular weight is 235 g/mol. The number of aromatic nitrogens is 2. The summed E-state index contributed by atoms with van der Waals surface area (Å²) in [6, 6.07) is 16.0. The Morgan fingerprint density at radius 2 is 1.72 bits per heavy atom. The number of benzene rings is 2. The molecule has 0 saturated carbocycles. The third-order valence-electron chi connectivity index (χ3n) is 2.94. The number of para-hydroxylation sites is 1. The van der Waals surface area contributed by atoms with Gasteiger partial charge >= 0.3 is 0 Å². The number of rotatable bonds is 2. The molecule has 0 aliphatic rings. The second-order valence-corrected chi connectivity index (χ2v) is 4.15. The van der Waals surface area contributed by atoms with Gasteiger partial charge in [0.1, 0.15) is 0 Å². The zero-order chi connectivity index (χ0) is 12.4. The molecular formula is C15H13N3. The lowest BCUT2D eigenvalue weighted by atomic mass is 10.1. The number of hydrogen-bond acceptors (Lipinski definition) is 3. The fraction of sp³-hybridized carbons (Fsp3) is 0.0667. The smallest absolute Gasteiger partial charge is 0.159 e. The highest BCUT2D eigenvalue weighted by atomic mass is 14.9. The molecule has 3 rings (SSSR count). The highest BCUT2D eigenvalue weighted by Crippen LogP contribution is 2.18. The Balaban J connectivity index is 2.07. The monoisotopic (exact) mass is 235 g/mol. The van der Waals surface area contributed by atoms with Crippen molar-refractivity contribution < 1.29 is 0 Å². The Morgan fingerprint density at radius 1 is 0.944 bits per heavy atom. The molecule has 2 N–H and O–H groups in total. The van der Waals surface area contributed by atoms with Gasteiger partial charge in [-0.05, 0) is 11.6 Å². The van der Waals surface area contributed by atoms with Gasteiger partial charge in [0.2, 0.25) is 0 Å². The lowest BCUT2D eigenvalue weighted by Crippen LogP contribution is -1.96. The van der Waals surface area contributed by atoms with E-state index in [0.29, 0.717) is 6.54 Å². The summed E-state index contributed by atoms with van der Waals surface area (Å²) in [6.07, 6.45) is 1.86. The van der Waals surface area contributed by atoms with Gasteiger partial charge in [-0.15, -0.1) is 0 Å². The SMILES string of the molecule is NCc1ccc(-c2ncc3ccccc3n2)cc1. The van der Waals surface area contributed by atoms with E-state index in [0.717, 1.165) is 27.9 Å². The van der Waals surface area contributed by atoms with Gasteiger partial charge in [-0.1, -0.05) is 42.5 Å². The topological polar surface area (TPSA) is 51.8 Å². The number of nitrogens with two attached hydrogens (primary N) is 1. The molecule has 3 aromatic rings. The van der Waals surface area contributed by atoms with Crippen LogP contribution in [-0.4, -0.2) is 9.97 Å². The summed E-state index contributed by atoms with van der Waals surface area (Å²) in [7, 11) is 0. The van der Waals surface area contributed by atoms with Crippen LogP contribution in [0.2, 0.25) is 0 Å². The third kappa shape index (κ3) is 1.96. The molecule has 2 aromatic carbocycles. The maximum Gasteiger partial charge on any atom is 0.159 e. The first kappa shape index (κ1) is 10.9. The van der Waals surface area contributed by atoms with Crippen LogP contribution in [0, 0.1) is 0 Å². The Labute approximate surface area is 105 Å². The molecule has 18 heavy (non-hydrogen) atoms. The Bertz CT molecular complexity index is 675. The van der Waals surface area contributed by atoms with Crippen molar-refractivity contribution >= 4 is 10.9 Å². The number of fused-ring (bicyclic) bond motifs is 1. The normalized spacial score (nSPS) is 10.7. The van der Waals surface area contributed by atoms with E-state index < -0.39 is 0 Å². The van der Waals surface area contributed by atoms with Crippen molar-refractivity contribution in [3.63, 3.8) is 0 Å². The molecule has 0 aliphatic carbocycles. The highest BCUT2D eigenvalue weighted by Gasteiger charge is 2.02. The molecule has 0 spiro atoms. The van der Waals surface area contributed by atoms with Gasteiger partial charge in [-0.25, -0.2) is 9.97 Å². The Kier molecular flexibility index (Phi) is 2.74. The zero-order valence-electron chi connectivity index (χ0n) is 9.88. The first-order valence-corrected chi connectivity index (χ1v) is 5.88.